The van der Waals surface area contributed by atoms with Crippen LogP contribution in [0.15, 0.2) is 0 Å². The fraction of sp³-hybridized carbons (Fsp3) is 0.818. The predicted molar refractivity (Wildman–Crippen MR) is 69.0 cm³/mol. The number of hydrogen-bond donors (Lipinski definition) is 0. The Bertz CT molecular complexity index is 232. The summed E-state index contributed by atoms with van der Waals surface area (Å²) in [4.78, 5) is 2.74. The molecule has 14 heavy (non-hydrogen) atoms. The third-order valence-corrected chi connectivity index (χ3v) is 7.53. The first-order valence-corrected chi connectivity index (χ1v) is 8.66. The lowest BCUT2D eigenvalue weighted by atomic mass is 10.2. The number of hydrogen-bond acceptors (Lipinski definition) is 1. The van der Waals surface area contributed by atoms with Gasteiger partial charge in [-0.2, -0.15) is 0 Å². The quantitative estimate of drug-likeness (QED) is 0.559. The van der Waals surface area contributed by atoms with Gasteiger partial charge in [0, 0.05) is 28.5 Å². The van der Waals surface area contributed by atoms with E-state index in [0.717, 1.165) is 6.61 Å². The average molecular weight is 277 g/mol. The Morgan fingerprint density at radius 2 is 1.86 bits per heavy atom. The van der Waals surface area contributed by atoms with E-state index in [9.17, 15) is 0 Å². The summed E-state index contributed by atoms with van der Waals surface area (Å²) in [5.41, 5.74) is 0. The van der Waals surface area contributed by atoms with Crippen LogP contribution in [0.25, 0.3) is 0 Å². The molecule has 0 bridgehead atoms. The topological polar surface area (TPSA) is 9.23 Å². The molecular weight excluding hydrogens is 256 g/mol. The minimum Gasteiger partial charge on any atom is -0.416 e. The fourth-order valence-corrected chi connectivity index (χ4v) is 2.18. The Hall–Kier alpha value is 0.217. The number of halogens is 1. The molecule has 0 rings (SSSR count). The van der Waals surface area contributed by atoms with E-state index < -0.39 is 8.32 Å². The van der Waals surface area contributed by atoms with Crippen molar-refractivity contribution >= 4 is 24.2 Å². The normalized spacial score (nSPS) is 14.5. The molecule has 0 aliphatic heterocycles. The van der Waals surface area contributed by atoms with Crippen molar-refractivity contribution in [3.8, 4) is 10.8 Å². The second-order valence-corrected chi connectivity index (χ2v) is 10.4. The Balaban J connectivity index is 4.17. The summed E-state index contributed by atoms with van der Waals surface area (Å²) in [5.74, 6) is 3.34. The maximum absolute atomic E-state index is 6.02. The molecule has 0 aromatic rings. The van der Waals surface area contributed by atoms with Gasteiger partial charge in [-0.15, -0.1) is 0 Å². The summed E-state index contributed by atoms with van der Waals surface area (Å²) in [6, 6.07) is 0. The van der Waals surface area contributed by atoms with Crippen LogP contribution in [0, 0.1) is 16.7 Å². The average Bonchev–Trinajstić information content (AvgIpc) is 1.99. The van der Waals surface area contributed by atoms with Gasteiger partial charge in [-0.3, -0.25) is 0 Å². The van der Waals surface area contributed by atoms with Crippen LogP contribution in [0.2, 0.25) is 18.1 Å². The smallest absolute Gasteiger partial charge is 0.192 e. The summed E-state index contributed by atoms with van der Waals surface area (Å²) in [5, 5.41) is 0.286. The summed E-state index contributed by atoms with van der Waals surface area (Å²) in [6.45, 7) is 14.1. The maximum Gasteiger partial charge on any atom is 0.192 e. The monoisotopic (exact) mass is 276 g/mol. The molecule has 1 atom stereocenters. The van der Waals surface area contributed by atoms with Crippen LogP contribution in [0.5, 0.6) is 0 Å². The predicted octanol–water partition coefficient (Wildman–Crippen LogP) is 4.00. The molecule has 0 N–H and O–H groups in total. The summed E-state index contributed by atoms with van der Waals surface area (Å²) in [6.07, 6.45) is 0. The van der Waals surface area contributed by atoms with E-state index in [4.69, 9.17) is 4.43 Å². The van der Waals surface area contributed by atoms with Gasteiger partial charge >= 0.3 is 0 Å². The first-order valence-electron chi connectivity index (χ1n) is 4.96. The largest absolute Gasteiger partial charge is 0.416 e. The molecule has 0 saturated heterocycles. The highest BCUT2D eigenvalue weighted by molar-refractivity contribution is 9.12. The van der Waals surface area contributed by atoms with E-state index in [2.05, 4.69) is 67.5 Å². The van der Waals surface area contributed by atoms with E-state index in [1.807, 2.05) is 0 Å². The van der Waals surface area contributed by atoms with Gasteiger partial charge in [0.2, 0.25) is 0 Å². The van der Waals surface area contributed by atoms with Crippen LogP contribution in [0.3, 0.4) is 0 Å². The molecular formula is C11H21BrOSi. The van der Waals surface area contributed by atoms with E-state index in [0.29, 0.717) is 5.92 Å². The van der Waals surface area contributed by atoms with Gasteiger partial charge in [-0.1, -0.05) is 26.7 Å². The SMILES string of the molecule is C[C@H](C#CBr)CO[Si](C)(C)C(C)(C)C. The lowest BCUT2D eigenvalue weighted by Crippen LogP contribution is -2.41. The molecule has 0 fully saturated rings. The van der Waals surface area contributed by atoms with E-state index in [-0.39, 0.29) is 5.04 Å². The highest BCUT2D eigenvalue weighted by atomic mass is 79.9. The van der Waals surface area contributed by atoms with Crippen LogP contribution in [-0.2, 0) is 4.43 Å². The van der Waals surface area contributed by atoms with Crippen LogP contribution in [0.1, 0.15) is 27.7 Å². The third-order valence-electron chi connectivity index (χ3n) is 2.80. The van der Waals surface area contributed by atoms with E-state index in [1.54, 1.807) is 0 Å². The van der Waals surface area contributed by atoms with E-state index in [1.165, 1.54) is 0 Å². The minimum absolute atomic E-state index is 0.286. The zero-order valence-corrected chi connectivity index (χ0v) is 12.7. The molecule has 0 amide bonds. The molecule has 0 unspecified atom stereocenters. The third kappa shape index (κ3) is 4.63. The van der Waals surface area contributed by atoms with Gasteiger partial charge in [-0.25, -0.2) is 0 Å². The van der Waals surface area contributed by atoms with Crippen molar-refractivity contribution in [3.05, 3.63) is 0 Å². The Kier molecular flexibility index (Phi) is 5.42. The van der Waals surface area contributed by atoms with Crippen molar-refractivity contribution in [2.45, 2.75) is 45.8 Å². The standard InChI is InChI=1S/C11H21BrOSi/c1-10(7-8-12)9-13-14(5,6)11(2,3)4/h10H,9H2,1-6H3/t10-/m1/s1. The van der Waals surface area contributed by atoms with Crippen LogP contribution in [-0.4, -0.2) is 14.9 Å². The second kappa shape index (κ2) is 5.34. The molecule has 0 spiro atoms. The van der Waals surface area contributed by atoms with Crippen LogP contribution >= 0.6 is 15.9 Å². The first kappa shape index (κ1) is 14.2. The molecule has 0 radical (unpaired) electrons. The molecule has 3 heteroatoms. The molecule has 1 nitrogen and oxygen atoms in total. The maximum atomic E-state index is 6.02. The van der Waals surface area contributed by atoms with Gasteiger partial charge in [0.1, 0.15) is 0 Å². The zero-order valence-electron chi connectivity index (χ0n) is 10.1. The van der Waals surface area contributed by atoms with Crippen molar-refractivity contribution in [2.24, 2.45) is 5.92 Å². The Morgan fingerprint density at radius 3 is 2.21 bits per heavy atom. The molecule has 0 aliphatic rings. The fourth-order valence-electron chi connectivity index (χ4n) is 0.685. The Morgan fingerprint density at radius 1 is 1.36 bits per heavy atom. The summed E-state index contributed by atoms with van der Waals surface area (Å²) < 4.78 is 6.02. The highest BCUT2D eigenvalue weighted by Crippen LogP contribution is 2.36. The summed E-state index contributed by atoms with van der Waals surface area (Å²) >= 11 is 3.10. The zero-order chi connectivity index (χ0) is 11.4. The van der Waals surface area contributed by atoms with Crippen molar-refractivity contribution in [3.63, 3.8) is 0 Å². The van der Waals surface area contributed by atoms with Gasteiger partial charge in [0.05, 0.1) is 0 Å². The molecule has 0 aliphatic carbocycles. The van der Waals surface area contributed by atoms with Gasteiger partial charge in [0.15, 0.2) is 8.32 Å². The van der Waals surface area contributed by atoms with Gasteiger partial charge < -0.3 is 4.43 Å². The van der Waals surface area contributed by atoms with E-state index >= 15 is 0 Å². The summed E-state index contributed by atoms with van der Waals surface area (Å²) in [7, 11) is -1.58. The van der Waals surface area contributed by atoms with Crippen molar-refractivity contribution in [2.75, 3.05) is 6.61 Å². The minimum atomic E-state index is -1.58. The van der Waals surface area contributed by atoms with Crippen molar-refractivity contribution in [1.82, 2.24) is 0 Å². The van der Waals surface area contributed by atoms with Crippen molar-refractivity contribution < 1.29 is 4.43 Å². The molecule has 0 aromatic carbocycles. The van der Waals surface area contributed by atoms with Crippen molar-refractivity contribution in [1.29, 1.82) is 0 Å². The molecule has 0 aromatic heterocycles. The lowest BCUT2D eigenvalue weighted by Gasteiger charge is -2.36. The number of rotatable bonds is 3. The second-order valence-electron chi connectivity index (χ2n) is 5.21. The molecule has 82 valence electrons. The first-order chi connectivity index (χ1) is 6.20. The molecule has 0 heterocycles. The van der Waals surface area contributed by atoms with Crippen LogP contribution < -0.4 is 0 Å². The highest BCUT2D eigenvalue weighted by Gasteiger charge is 2.37. The van der Waals surface area contributed by atoms with Gasteiger partial charge in [-0.05, 0) is 29.9 Å². The van der Waals surface area contributed by atoms with Gasteiger partial charge in [0.25, 0.3) is 0 Å². The molecule has 0 saturated carbocycles. The lowest BCUT2D eigenvalue weighted by molar-refractivity contribution is 0.263. The Labute approximate surface area is 97.9 Å². The van der Waals surface area contributed by atoms with Crippen LogP contribution in [0.4, 0.5) is 0 Å².